The Kier molecular flexibility index (Phi) is 11.9. The molecule has 5 fully saturated rings. The molecule has 0 aromatic heterocycles. The second kappa shape index (κ2) is 15.2. The van der Waals surface area contributed by atoms with Crippen molar-refractivity contribution in [2.75, 3.05) is 26.4 Å². The van der Waals surface area contributed by atoms with Crippen LogP contribution in [0.1, 0.15) is 121 Å². The van der Waals surface area contributed by atoms with E-state index in [2.05, 4.69) is 34.6 Å². The van der Waals surface area contributed by atoms with Crippen molar-refractivity contribution in [1.29, 1.82) is 0 Å². The van der Waals surface area contributed by atoms with Crippen molar-refractivity contribution < 1.29 is 52.3 Å². The van der Waals surface area contributed by atoms with Crippen LogP contribution in [0, 0.1) is 34.5 Å². The van der Waals surface area contributed by atoms with Crippen LogP contribution < -0.4 is 0 Å². The Morgan fingerprint density at radius 2 is 1.06 bits per heavy atom. The van der Waals surface area contributed by atoms with Crippen LogP contribution in [0.5, 0.6) is 0 Å². The Bertz CT molecular complexity index is 1210. The smallest absolute Gasteiger partial charge is 0.459 e. The van der Waals surface area contributed by atoms with Crippen LogP contribution in [0.25, 0.3) is 0 Å². The van der Waals surface area contributed by atoms with Crippen LogP contribution in [0.4, 0.5) is 4.79 Å². The van der Waals surface area contributed by atoms with Gasteiger partial charge in [-0.25, -0.2) is 4.79 Å². The van der Waals surface area contributed by atoms with Crippen LogP contribution >= 0.6 is 0 Å². The van der Waals surface area contributed by atoms with Crippen LogP contribution in [0.15, 0.2) is 0 Å². The summed E-state index contributed by atoms with van der Waals surface area (Å²) in [5.41, 5.74) is -1.86. The van der Waals surface area contributed by atoms with Crippen LogP contribution in [0.3, 0.4) is 0 Å². The van der Waals surface area contributed by atoms with Crippen LogP contribution in [-0.4, -0.2) is 92.3 Å². The Labute approximate surface area is 299 Å². The largest absolute Gasteiger partial charge is 0.509 e. The lowest BCUT2D eigenvalue weighted by atomic mass is 9.61. The normalized spacial score (nSPS) is 36.5. The lowest BCUT2D eigenvalue weighted by molar-refractivity contribution is -0.167. The third-order valence-electron chi connectivity index (χ3n) is 13.8. The zero-order chi connectivity index (χ0) is 36.6. The summed E-state index contributed by atoms with van der Waals surface area (Å²) in [6.45, 7) is 22.2. The number of fused-ring (bicyclic) bond motifs is 2. The molecule has 0 aromatic rings. The molecule has 11 heteroatoms. The predicted octanol–water partition coefficient (Wildman–Crippen LogP) is 6.81. The van der Waals surface area contributed by atoms with Gasteiger partial charge in [0, 0.05) is 17.3 Å². The SMILES string of the molecule is CCC(C)(C)OC(=O)C1CCC(C(=O)OC2COC3C2OCC3C(C)(CC)C(C)(CC)OC(=O)OC2COC3C2OCC3C(C)(C)CC)CC1. The van der Waals surface area contributed by atoms with Gasteiger partial charge in [-0.1, -0.05) is 54.9 Å². The molecular weight excluding hydrogens is 644 g/mol. The fraction of sp³-hybridized carbons (Fsp3) is 0.923. The molecule has 1 saturated carbocycles. The van der Waals surface area contributed by atoms with Gasteiger partial charge in [0.05, 0.1) is 50.5 Å². The first-order valence-corrected chi connectivity index (χ1v) is 19.3. The molecular formula is C39H64O11. The Balaban J connectivity index is 1.15. The monoisotopic (exact) mass is 708 g/mol. The number of carbonyl (C=O) groups excluding carboxylic acids is 3. The summed E-state index contributed by atoms with van der Waals surface area (Å²) in [6, 6.07) is 0. The molecule has 0 spiro atoms. The highest BCUT2D eigenvalue weighted by Gasteiger charge is 2.61. The van der Waals surface area contributed by atoms with Gasteiger partial charge >= 0.3 is 18.1 Å². The molecule has 4 heterocycles. The number of esters is 2. The van der Waals surface area contributed by atoms with Gasteiger partial charge in [-0.2, -0.15) is 0 Å². The van der Waals surface area contributed by atoms with E-state index >= 15 is 0 Å². The summed E-state index contributed by atoms with van der Waals surface area (Å²) >= 11 is 0. The molecule has 10 atom stereocenters. The molecule has 0 radical (unpaired) electrons. The van der Waals surface area contributed by atoms with E-state index in [1.165, 1.54) is 0 Å². The van der Waals surface area contributed by atoms with E-state index in [4.69, 9.17) is 37.9 Å². The second-order valence-electron chi connectivity index (χ2n) is 17.2. The van der Waals surface area contributed by atoms with Gasteiger partial charge in [-0.05, 0) is 71.1 Å². The molecule has 286 valence electrons. The van der Waals surface area contributed by atoms with E-state index in [9.17, 15) is 14.4 Å². The minimum absolute atomic E-state index is 0.0573. The third-order valence-corrected chi connectivity index (χ3v) is 13.8. The standard InChI is InChI=1S/C39H64O11/c1-11-36(5,6)25-19-43-32-28(22-45-29(25)32)48-35(42)50-39(10,14-4)38(9,13-3)26-20-44-31-27(21-46-30(26)31)47-33(40)23-15-17-24(18-16-23)34(41)49-37(7,8)12-2/h23-32H,11-22H2,1-10H3. The minimum atomic E-state index is -0.895. The highest BCUT2D eigenvalue weighted by Crippen LogP contribution is 2.53. The summed E-state index contributed by atoms with van der Waals surface area (Å²) in [4.78, 5) is 39.5. The minimum Gasteiger partial charge on any atom is -0.459 e. The van der Waals surface area contributed by atoms with Crippen molar-refractivity contribution in [2.45, 2.75) is 168 Å². The molecule has 0 N–H and O–H groups in total. The van der Waals surface area contributed by atoms with E-state index in [0.29, 0.717) is 51.7 Å². The zero-order valence-corrected chi connectivity index (χ0v) is 32.2. The van der Waals surface area contributed by atoms with Crippen molar-refractivity contribution in [3.8, 4) is 0 Å². The summed E-state index contributed by atoms with van der Waals surface area (Å²) in [7, 11) is 0. The van der Waals surface area contributed by atoms with Crippen molar-refractivity contribution in [2.24, 2.45) is 34.5 Å². The fourth-order valence-corrected chi connectivity index (χ4v) is 8.80. The first kappa shape index (κ1) is 39.3. The molecule has 50 heavy (non-hydrogen) atoms. The Morgan fingerprint density at radius 3 is 1.58 bits per heavy atom. The topological polar surface area (TPSA) is 125 Å². The average Bonchev–Trinajstić information content (AvgIpc) is 3.88. The molecule has 4 saturated heterocycles. The number of ether oxygens (including phenoxy) is 8. The van der Waals surface area contributed by atoms with Gasteiger partial charge in [0.1, 0.15) is 23.4 Å². The van der Waals surface area contributed by atoms with Crippen molar-refractivity contribution in [1.82, 2.24) is 0 Å². The molecule has 5 rings (SSSR count). The lowest BCUT2D eigenvalue weighted by Crippen LogP contribution is -2.54. The molecule has 0 bridgehead atoms. The fourth-order valence-electron chi connectivity index (χ4n) is 8.80. The maximum atomic E-state index is 13.5. The van der Waals surface area contributed by atoms with Gasteiger partial charge in [0.2, 0.25) is 0 Å². The van der Waals surface area contributed by atoms with Crippen LogP contribution in [0.2, 0.25) is 0 Å². The Morgan fingerprint density at radius 1 is 0.560 bits per heavy atom. The van der Waals surface area contributed by atoms with E-state index in [0.717, 1.165) is 12.8 Å². The maximum absolute atomic E-state index is 13.5. The van der Waals surface area contributed by atoms with Gasteiger partial charge in [-0.15, -0.1) is 0 Å². The van der Waals surface area contributed by atoms with E-state index < -0.39 is 41.1 Å². The zero-order valence-electron chi connectivity index (χ0n) is 32.2. The molecule has 4 aliphatic heterocycles. The molecule has 0 aromatic carbocycles. The Hall–Kier alpha value is -1.95. The molecule has 10 unspecified atom stereocenters. The van der Waals surface area contributed by atoms with Gasteiger partial charge in [-0.3, -0.25) is 9.59 Å². The summed E-state index contributed by atoms with van der Waals surface area (Å²) in [5, 5.41) is 0. The first-order valence-electron chi connectivity index (χ1n) is 19.3. The van der Waals surface area contributed by atoms with E-state index in [-0.39, 0.29) is 72.6 Å². The quantitative estimate of drug-likeness (QED) is 0.148. The number of hydrogen-bond donors (Lipinski definition) is 0. The summed E-state index contributed by atoms with van der Waals surface area (Å²) in [5.74, 6) is -0.763. The third kappa shape index (κ3) is 7.58. The summed E-state index contributed by atoms with van der Waals surface area (Å²) in [6.07, 6.45) is 2.50. The number of rotatable bonds is 13. The predicted molar refractivity (Wildman–Crippen MR) is 184 cm³/mol. The van der Waals surface area contributed by atoms with Gasteiger partial charge in [0.25, 0.3) is 0 Å². The van der Waals surface area contributed by atoms with Crippen molar-refractivity contribution in [3.05, 3.63) is 0 Å². The maximum Gasteiger partial charge on any atom is 0.509 e. The first-order chi connectivity index (χ1) is 23.5. The molecule has 5 aliphatic rings. The number of hydrogen-bond acceptors (Lipinski definition) is 11. The van der Waals surface area contributed by atoms with E-state index in [1.54, 1.807) is 0 Å². The van der Waals surface area contributed by atoms with Crippen molar-refractivity contribution in [3.63, 3.8) is 0 Å². The average molecular weight is 709 g/mol. The van der Waals surface area contributed by atoms with Gasteiger partial charge in [0.15, 0.2) is 12.2 Å². The van der Waals surface area contributed by atoms with Crippen molar-refractivity contribution >= 4 is 18.1 Å². The molecule has 0 amide bonds. The lowest BCUT2D eigenvalue weighted by Gasteiger charge is -2.49. The number of carbonyl (C=O) groups is 3. The molecule has 11 nitrogen and oxygen atoms in total. The summed E-state index contributed by atoms with van der Waals surface area (Å²) < 4.78 is 48.8. The molecule has 1 aliphatic carbocycles. The van der Waals surface area contributed by atoms with E-state index in [1.807, 2.05) is 34.6 Å². The van der Waals surface area contributed by atoms with Crippen LogP contribution in [-0.2, 0) is 47.5 Å². The van der Waals surface area contributed by atoms with Gasteiger partial charge < -0.3 is 37.9 Å². The highest BCUT2D eigenvalue weighted by molar-refractivity contribution is 5.75. The highest BCUT2D eigenvalue weighted by atomic mass is 16.8. The second-order valence-corrected chi connectivity index (χ2v) is 17.2.